The van der Waals surface area contributed by atoms with Crippen molar-refractivity contribution in [3.63, 3.8) is 0 Å². The maximum Gasteiger partial charge on any atom is 0.377 e. The Hall–Kier alpha value is -2.34. The molecule has 1 aliphatic rings. The molecule has 112 valence electrons. The Balaban J connectivity index is 2.09. The molecule has 1 amide bonds. The molecule has 0 saturated carbocycles. The summed E-state index contributed by atoms with van der Waals surface area (Å²) in [5.74, 6) is -2.34. The zero-order valence-corrected chi connectivity index (χ0v) is 12.2. The third kappa shape index (κ3) is 3.82. The van der Waals surface area contributed by atoms with E-state index < -0.39 is 17.7 Å². The van der Waals surface area contributed by atoms with Gasteiger partial charge >= 0.3 is 5.97 Å². The Morgan fingerprint density at radius 1 is 1.29 bits per heavy atom. The summed E-state index contributed by atoms with van der Waals surface area (Å²) in [6.45, 7) is 3.45. The van der Waals surface area contributed by atoms with Crippen LogP contribution in [0.2, 0.25) is 0 Å². The van der Waals surface area contributed by atoms with Crippen molar-refractivity contribution in [2.24, 2.45) is 0 Å². The van der Waals surface area contributed by atoms with Crippen molar-refractivity contribution in [1.29, 1.82) is 0 Å². The molecular weight excluding hydrogens is 274 g/mol. The minimum Gasteiger partial charge on any atom is -0.445 e. The Kier molecular flexibility index (Phi) is 4.28. The fraction of sp³-hybridized carbons (Fsp3) is 0.333. The maximum atomic E-state index is 12.1. The molecule has 1 aliphatic heterocycles. The van der Waals surface area contributed by atoms with E-state index >= 15 is 0 Å². The van der Waals surface area contributed by atoms with Crippen LogP contribution in [0.1, 0.15) is 19.4 Å². The van der Waals surface area contributed by atoms with Crippen molar-refractivity contribution in [2.45, 2.75) is 26.2 Å². The Bertz CT molecular complexity index is 565. The van der Waals surface area contributed by atoms with Crippen molar-refractivity contribution < 1.29 is 23.9 Å². The van der Waals surface area contributed by atoms with Crippen molar-refractivity contribution >= 4 is 11.9 Å². The molecule has 0 N–H and O–H groups in total. The molecule has 1 heterocycles. The molecule has 0 bridgehead atoms. The predicted octanol–water partition coefficient (Wildman–Crippen LogP) is 1.77. The van der Waals surface area contributed by atoms with E-state index in [1.165, 1.54) is 7.11 Å². The number of nitrogens with zero attached hydrogens (tertiary/aromatic N) is 1. The second-order valence-corrected chi connectivity index (χ2v) is 4.94. The summed E-state index contributed by atoms with van der Waals surface area (Å²) in [5.41, 5.74) is 0.904. The first-order valence-corrected chi connectivity index (χ1v) is 6.45. The summed E-state index contributed by atoms with van der Waals surface area (Å²) < 4.78 is 10.2. The summed E-state index contributed by atoms with van der Waals surface area (Å²) in [6.07, 6.45) is 1.07. The number of ether oxygens (including phenoxy) is 2. The number of hydrogen-bond donors (Lipinski definition) is 0. The molecule has 1 fully saturated rings. The Morgan fingerprint density at radius 3 is 2.48 bits per heavy atom. The van der Waals surface area contributed by atoms with Crippen molar-refractivity contribution in [2.75, 3.05) is 7.11 Å². The van der Waals surface area contributed by atoms with E-state index in [1.807, 2.05) is 30.3 Å². The summed E-state index contributed by atoms with van der Waals surface area (Å²) in [4.78, 5) is 28.7. The molecule has 1 aromatic rings. The van der Waals surface area contributed by atoms with Gasteiger partial charge in [0.15, 0.2) is 0 Å². The monoisotopic (exact) mass is 291 g/mol. The molecule has 1 aromatic carbocycles. The van der Waals surface area contributed by atoms with Gasteiger partial charge in [0.2, 0.25) is 11.5 Å². The number of esters is 1. The van der Waals surface area contributed by atoms with Crippen LogP contribution in [0.4, 0.5) is 0 Å². The first-order valence-electron chi connectivity index (χ1n) is 6.45. The number of amides is 1. The van der Waals surface area contributed by atoms with Crippen LogP contribution in [0, 0.1) is 0 Å². The van der Waals surface area contributed by atoms with Crippen LogP contribution in [0.3, 0.4) is 0 Å². The van der Waals surface area contributed by atoms with Gasteiger partial charge < -0.3 is 9.47 Å². The van der Waals surface area contributed by atoms with E-state index in [4.69, 9.17) is 14.3 Å². The molecular formula is C15H17NO5. The molecule has 2 rings (SSSR count). The second-order valence-electron chi connectivity index (χ2n) is 4.94. The minimum atomic E-state index is -1.06. The zero-order chi connectivity index (χ0) is 15.5. The fourth-order valence-electron chi connectivity index (χ4n) is 1.86. The van der Waals surface area contributed by atoms with E-state index in [1.54, 1.807) is 13.8 Å². The van der Waals surface area contributed by atoms with Crippen molar-refractivity contribution in [3.05, 3.63) is 47.7 Å². The molecule has 0 spiro atoms. The SMILES string of the molecule is CON(Cc1ccccc1)C(=O)/C=C1/OC(C)(C)OC1=O. The lowest BCUT2D eigenvalue weighted by Crippen LogP contribution is -2.28. The second kappa shape index (κ2) is 5.97. The van der Waals surface area contributed by atoms with E-state index in [-0.39, 0.29) is 12.3 Å². The van der Waals surface area contributed by atoms with Crippen LogP contribution in [-0.4, -0.2) is 29.8 Å². The highest BCUT2D eigenvalue weighted by molar-refractivity contribution is 5.97. The smallest absolute Gasteiger partial charge is 0.377 e. The van der Waals surface area contributed by atoms with Gasteiger partial charge in [-0.25, -0.2) is 9.86 Å². The largest absolute Gasteiger partial charge is 0.445 e. The maximum absolute atomic E-state index is 12.1. The fourth-order valence-corrected chi connectivity index (χ4v) is 1.86. The number of carbonyl (C=O) groups excluding carboxylic acids is 2. The summed E-state index contributed by atoms with van der Waals surface area (Å²) >= 11 is 0. The van der Waals surface area contributed by atoms with E-state index in [2.05, 4.69) is 0 Å². The highest BCUT2D eigenvalue weighted by Crippen LogP contribution is 2.26. The zero-order valence-electron chi connectivity index (χ0n) is 12.2. The lowest BCUT2D eigenvalue weighted by atomic mass is 10.2. The van der Waals surface area contributed by atoms with Crippen LogP contribution in [-0.2, 0) is 30.4 Å². The first-order chi connectivity index (χ1) is 9.91. The molecule has 0 atom stereocenters. The predicted molar refractivity (Wildman–Crippen MR) is 73.3 cm³/mol. The number of carbonyl (C=O) groups is 2. The topological polar surface area (TPSA) is 65.1 Å². The molecule has 0 aliphatic carbocycles. The van der Waals surface area contributed by atoms with E-state index in [0.29, 0.717) is 0 Å². The van der Waals surface area contributed by atoms with Gasteiger partial charge in [-0.3, -0.25) is 9.63 Å². The lowest BCUT2D eigenvalue weighted by molar-refractivity contribution is -0.173. The number of rotatable bonds is 4. The van der Waals surface area contributed by atoms with Gasteiger partial charge in [0.05, 0.1) is 19.7 Å². The van der Waals surface area contributed by atoms with Gasteiger partial charge in [0, 0.05) is 13.8 Å². The van der Waals surface area contributed by atoms with Crippen LogP contribution in [0.5, 0.6) is 0 Å². The lowest BCUT2D eigenvalue weighted by Gasteiger charge is -2.18. The average Bonchev–Trinajstić information content (AvgIpc) is 2.69. The van der Waals surface area contributed by atoms with Gasteiger partial charge in [-0.15, -0.1) is 0 Å². The molecule has 1 saturated heterocycles. The van der Waals surface area contributed by atoms with Gasteiger partial charge in [0.25, 0.3) is 5.91 Å². The first kappa shape index (κ1) is 15.1. The Morgan fingerprint density at radius 2 is 1.95 bits per heavy atom. The highest BCUT2D eigenvalue weighted by Gasteiger charge is 2.38. The summed E-state index contributed by atoms with van der Waals surface area (Å²) in [7, 11) is 1.39. The molecule has 0 unspecified atom stereocenters. The van der Waals surface area contributed by atoms with Gasteiger partial charge in [-0.05, 0) is 5.56 Å². The number of cyclic esters (lactones) is 1. The standard InChI is InChI=1S/C15H17NO5/c1-15(2)20-12(14(18)21-15)9-13(17)16(19-3)10-11-7-5-4-6-8-11/h4-9H,10H2,1-3H3/b12-9+. The summed E-state index contributed by atoms with van der Waals surface area (Å²) in [5, 5.41) is 1.13. The highest BCUT2D eigenvalue weighted by atomic mass is 16.8. The molecule has 0 aromatic heterocycles. The molecule has 21 heavy (non-hydrogen) atoms. The quantitative estimate of drug-likeness (QED) is 0.480. The minimum absolute atomic E-state index is 0.125. The third-order valence-corrected chi connectivity index (χ3v) is 2.79. The van der Waals surface area contributed by atoms with E-state index in [9.17, 15) is 9.59 Å². The van der Waals surface area contributed by atoms with E-state index in [0.717, 1.165) is 16.7 Å². The van der Waals surface area contributed by atoms with Crippen molar-refractivity contribution in [3.8, 4) is 0 Å². The van der Waals surface area contributed by atoms with Crippen LogP contribution in [0.15, 0.2) is 42.2 Å². The number of hydrogen-bond acceptors (Lipinski definition) is 5. The number of benzene rings is 1. The summed E-state index contributed by atoms with van der Waals surface area (Å²) in [6, 6.07) is 9.36. The molecule has 0 radical (unpaired) electrons. The van der Waals surface area contributed by atoms with Crippen LogP contribution < -0.4 is 0 Å². The third-order valence-electron chi connectivity index (χ3n) is 2.79. The molecule has 6 nitrogen and oxygen atoms in total. The average molecular weight is 291 g/mol. The Labute approximate surface area is 122 Å². The van der Waals surface area contributed by atoms with Crippen LogP contribution >= 0.6 is 0 Å². The normalized spacial score (nSPS) is 18.2. The van der Waals surface area contributed by atoms with Crippen LogP contribution in [0.25, 0.3) is 0 Å². The van der Waals surface area contributed by atoms with Gasteiger partial charge in [0.1, 0.15) is 0 Å². The number of hydroxylamine groups is 2. The molecule has 6 heteroatoms. The van der Waals surface area contributed by atoms with Gasteiger partial charge in [-0.2, -0.15) is 0 Å². The van der Waals surface area contributed by atoms with Crippen molar-refractivity contribution in [1.82, 2.24) is 5.06 Å². The van der Waals surface area contributed by atoms with Gasteiger partial charge in [-0.1, -0.05) is 30.3 Å².